The van der Waals surface area contributed by atoms with Crippen molar-refractivity contribution in [2.45, 2.75) is 58.4 Å². The van der Waals surface area contributed by atoms with Gasteiger partial charge in [0.25, 0.3) is 5.56 Å². The van der Waals surface area contributed by atoms with E-state index in [1.807, 2.05) is 25.1 Å². The van der Waals surface area contributed by atoms with Crippen LogP contribution >= 0.6 is 0 Å². The molecule has 1 fully saturated rings. The van der Waals surface area contributed by atoms with Crippen molar-refractivity contribution in [3.05, 3.63) is 40.2 Å². The fourth-order valence-corrected chi connectivity index (χ4v) is 4.11. The Balaban J connectivity index is 1.69. The minimum absolute atomic E-state index is 0.0284. The van der Waals surface area contributed by atoms with Crippen LogP contribution in [-0.2, 0) is 13.0 Å². The third kappa shape index (κ3) is 3.68. The highest BCUT2D eigenvalue weighted by Gasteiger charge is 2.29. The molecule has 0 saturated heterocycles. The van der Waals surface area contributed by atoms with Gasteiger partial charge in [0.2, 0.25) is 0 Å². The van der Waals surface area contributed by atoms with E-state index in [4.69, 9.17) is 14.5 Å². The molecular formula is C22H27N3O3. The molecule has 148 valence electrons. The van der Waals surface area contributed by atoms with E-state index in [0.717, 1.165) is 12.1 Å². The van der Waals surface area contributed by atoms with E-state index in [1.54, 1.807) is 17.7 Å². The summed E-state index contributed by atoms with van der Waals surface area (Å²) in [6.07, 6.45) is 7.60. The summed E-state index contributed by atoms with van der Waals surface area (Å²) in [5, 5.41) is 0. The first-order valence-corrected chi connectivity index (χ1v) is 10.2. The molecule has 4 rings (SSSR count). The lowest BCUT2D eigenvalue weighted by molar-refractivity contribution is 0.385. The van der Waals surface area contributed by atoms with Crippen molar-refractivity contribution >= 4 is 11.5 Å². The summed E-state index contributed by atoms with van der Waals surface area (Å²) in [7, 11) is 1.61. The zero-order chi connectivity index (χ0) is 19.5. The molecule has 1 aromatic heterocycles. The molecular weight excluding hydrogens is 354 g/mol. The second-order valence-corrected chi connectivity index (χ2v) is 7.55. The molecule has 0 unspecified atom stereocenters. The second kappa shape index (κ2) is 8.17. The molecule has 2 aromatic rings. The van der Waals surface area contributed by atoms with Crippen LogP contribution in [0.2, 0.25) is 0 Å². The third-order valence-electron chi connectivity index (χ3n) is 5.59. The van der Waals surface area contributed by atoms with Crippen LogP contribution in [0.3, 0.4) is 0 Å². The molecule has 6 heteroatoms. The Labute approximate surface area is 165 Å². The van der Waals surface area contributed by atoms with Crippen LogP contribution in [0.1, 0.15) is 51.0 Å². The molecule has 28 heavy (non-hydrogen) atoms. The number of hydrogen-bond donors (Lipinski definition) is 0. The number of ether oxygens (including phenoxy) is 2. The fraction of sp³-hybridized carbons (Fsp3) is 0.500. The van der Waals surface area contributed by atoms with Gasteiger partial charge in [0.1, 0.15) is 11.5 Å². The number of fused-ring (bicyclic) bond motifs is 1. The van der Waals surface area contributed by atoms with E-state index < -0.39 is 0 Å². The molecule has 6 nitrogen and oxygen atoms in total. The number of methoxy groups -OCH3 is 1. The monoisotopic (exact) mass is 381 g/mol. The summed E-state index contributed by atoms with van der Waals surface area (Å²) in [5.74, 6) is 2.31. The molecule has 0 amide bonds. The number of benzene rings is 1. The summed E-state index contributed by atoms with van der Waals surface area (Å²) in [6.45, 7) is 2.61. The van der Waals surface area contributed by atoms with Gasteiger partial charge in [-0.25, -0.2) is 4.99 Å². The maximum absolute atomic E-state index is 13.2. The van der Waals surface area contributed by atoms with E-state index in [0.29, 0.717) is 47.8 Å². The van der Waals surface area contributed by atoms with Gasteiger partial charge in [0.15, 0.2) is 5.82 Å². The van der Waals surface area contributed by atoms with Gasteiger partial charge in [0, 0.05) is 24.7 Å². The lowest BCUT2D eigenvalue weighted by Gasteiger charge is -2.21. The van der Waals surface area contributed by atoms with E-state index >= 15 is 0 Å². The smallest absolute Gasteiger partial charge is 0.306 e. The molecule has 0 radical (unpaired) electrons. The molecule has 1 aromatic carbocycles. The average molecular weight is 381 g/mol. The largest absolute Gasteiger partial charge is 0.497 e. The molecule has 0 atom stereocenters. The lowest BCUT2D eigenvalue weighted by Crippen LogP contribution is -2.27. The molecule has 0 spiro atoms. The van der Waals surface area contributed by atoms with Gasteiger partial charge in [-0.2, -0.15) is 4.98 Å². The van der Waals surface area contributed by atoms with Gasteiger partial charge >= 0.3 is 6.01 Å². The van der Waals surface area contributed by atoms with Gasteiger partial charge in [-0.3, -0.25) is 9.36 Å². The standard InChI is InChI=1S/C22H27N3O3/c1-3-12-25-21(26)18-14-19(15-8-5-4-6-9-15)23-20(18)24-22(25)28-17-11-7-10-16(13-17)27-2/h7,10-11,13,15H,3-6,8-9,12,14H2,1-2H3. The highest BCUT2D eigenvalue weighted by atomic mass is 16.5. The molecule has 1 aliphatic heterocycles. The van der Waals surface area contributed by atoms with Gasteiger partial charge in [-0.15, -0.1) is 0 Å². The Morgan fingerprint density at radius 2 is 1.96 bits per heavy atom. The number of aliphatic imine (C=N–C) groups is 1. The Bertz CT molecular complexity index is 943. The first-order valence-electron chi connectivity index (χ1n) is 10.2. The molecule has 0 bridgehead atoms. The number of aromatic nitrogens is 2. The lowest BCUT2D eigenvalue weighted by atomic mass is 9.84. The van der Waals surface area contributed by atoms with Gasteiger partial charge in [-0.1, -0.05) is 32.3 Å². The van der Waals surface area contributed by atoms with Gasteiger partial charge in [0.05, 0.1) is 12.7 Å². The van der Waals surface area contributed by atoms with Crippen LogP contribution in [0.5, 0.6) is 17.5 Å². The van der Waals surface area contributed by atoms with Crippen LogP contribution in [-0.4, -0.2) is 22.4 Å². The predicted molar refractivity (Wildman–Crippen MR) is 109 cm³/mol. The molecule has 0 N–H and O–H groups in total. The quantitative estimate of drug-likeness (QED) is 0.730. The van der Waals surface area contributed by atoms with Crippen molar-refractivity contribution in [2.24, 2.45) is 10.9 Å². The van der Waals surface area contributed by atoms with Crippen LogP contribution in [0, 0.1) is 5.92 Å². The highest BCUT2D eigenvalue weighted by Crippen LogP contribution is 2.33. The van der Waals surface area contributed by atoms with Gasteiger partial charge in [-0.05, 0) is 37.3 Å². The zero-order valence-electron chi connectivity index (χ0n) is 16.6. The first-order chi connectivity index (χ1) is 13.7. The minimum Gasteiger partial charge on any atom is -0.497 e. The van der Waals surface area contributed by atoms with Crippen LogP contribution in [0.15, 0.2) is 34.1 Å². The Hall–Kier alpha value is -2.63. The maximum Gasteiger partial charge on any atom is 0.306 e. The summed E-state index contributed by atoms with van der Waals surface area (Å²) < 4.78 is 12.9. The van der Waals surface area contributed by atoms with Crippen LogP contribution < -0.4 is 15.0 Å². The topological polar surface area (TPSA) is 65.7 Å². The SMILES string of the molecule is CCCn1c(Oc2cccc(OC)c2)nc2c(c1=O)CC(C1CCCCC1)=N2. The predicted octanol–water partition coefficient (Wildman–Crippen LogP) is 4.66. The van der Waals surface area contributed by atoms with Gasteiger partial charge < -0.3 is 9.47 Å². The molecule has 2 aliphatic rings. The number of nitrogens with zero attached hydrogens (tertiary/aromatic N) is 3. The second-order valence-electron chi connectivity index (χ2n) is 7.55. The van der Waals surface area contributed by atoms with E-state index in [9.17, 15) is 4.79 Å². The summed E-state index contributed by atoms with van der Waals surface area (Å²) in [6, 6.07) is 7.61. The average Bonchev–Trinajstić information content (AvgIpc) is 3.16. The van der Waals surface area contributed by atoms with Crippen molar-refractivity contribution in [2.75, 3.05) is 7.11 Å². The summed E-state index contributed by atoms with van der Waals surface area (Å²) >= 11 is 0. The van der Waals surface area contributed by atoms with Crippen LogP contribution in [0.4, 0.5) is 5.82 Å². The van der Waals surface area contributed by atoms with Crippen molar-refractivity contribution in [1.29, 1.82) is 0 Å². The Morgan fingerprint density at radius 1 is 1.18 bits per heavy atom. The first kappa shape index (κ1) is 18.7. The van der Waals surface area contributed by atoms with E-state index in [1.165, 1.54) is 32.1 Å². The molecule has 1 saturated carbocycles. The zero-order valence-corrected chi connectivity index (χ0v) is 16.6. The highest BCUT2D eigenvalue weighted by molar-refractivity contribution is 5.94. The van der Waals surface area contributed by atoms with Crippen LogP contribution in [0.25, 0.3) is 0 Å². The number of rotatable bonds is 6. The normalized spacial score (nSPS) is 16.6. The summed E-state index contributed by atoms with van der Waals surface area (Å²) in [5.41, 5.74) is 1.81. The van der Waals surface area contributed by atoms with Crippen molar-refractivity contribution in [1.82, 2.24) is 9.55 Å². The Kier molecular flexibility index (Phi) is 5.46. The van der Waals surface area contributed by atoms with Crippen molar-refractivity contribution in [3.8, 4) is 17.5 Å². The van der Waals surface area contributed by atoms with E-state index in [-0.39, 0.29) is 5.56 Å². The molecule has 1 aliphatic carbocycles. The third-order valence-corrected chi connectivity index (χ3v) is 5.59. The summed E-state index contributed by atoms with van der Waals surface area (Å²) in [4.78, 5) is 22.6. The van der Waals surface area contributed by atoms with E-state index in [2.05, 4.69) is 4.98 Å². The fourth-order valence-electron chi connectivity index (χ4n) is 4.11. The Morgan fingerprint density at radius 3 is 2.71 bits per heavy atom. The van der Waals surface area contributed by atoms with Crippen molar-refractivity contribution < 1.29 is 9.47 Å². The maximum atomic E-state index is 13.2. The molecule has 2 heterocycles. The van der Waals surface area contributed by atoms with Crippen molar-refractivity contribution in [3.63, 3.8) is 0 Å². The minimum atomic E-state index is -0.0284. The number of hydrogen-bond acceptors (Lipinski definition) is 5.